The number of carbonyl (C=O) groups is 1. The third-order valence-corrected chi connectivity index (χ3v) is 2.71. The number of aromatic carboxylic acids is 1. The molecule has 7 heteroatoms. The van der Waals surface area contributed by atoms with E-state index in [1.807, 2.05) is 6.92 Å². The van der Waals surface area contributed by atoms with Crippen LogP contribution in [0.5, 0.6) is 0 Å². The van der Waals surface area contributed by atoms with E-state index in [0.29, 0.717) is 10.4 Å². The SMILES string of the molecule is Cc1cc(-n2ncc(C(=O)O)c2Br)ncn1. The van der Waals surface area contributed by atoms with Gasteiger partial charge in [0.15, 0.2) is 5.82 Å². The molecule has 0 saturated heterocycles. The van der Waals surface area contributed by atoms with Crippen molar-refractivity contribution in [3.63, 3.8) is 0 Å². The fourth-order valence-electron chi connectivity index (χ4n) is 1.19. The molecule has 0 aliphatic rings. The summed E-state index contributed by atoms with van der Waals surface area (Å²) >= 11 is 3.17. The zero-order valence-corrected chi connectivity index (χ0v) is 9.84. The Morgan fingerprint density at radius 1 is 1.50 bits per heavy atom. The first-order chi connectivity index (χ1) is 7.59. The van der Waals surface area contributed by atoms with Crippen molar-refractivity contribution >= 4 is 21.9 Å². The Bertz CT molecular complexity index is 552. The Balaban J connectivity index is 2.53. The molecule has 6 nitrogen and oxygen atoms in total. The highest BCUT2D eigenvalue weighted by Gasteiger charge is 2.15. The summed E-state index contributed by atoms with van der Waals surface area (Å²) in [7, 11) is 0. The molecule has 0 unspecified atom stereocenters. The summed E-state index contributed by atoms with van der Waals surface area (Å²) in [6.07, 6.45) is 2.67. The quantitative estimate of drug-likeness (QED) is 0.901. The molecule has 0 aliphatic heterocycles. The predicted molar refractivity (Wildman–Crippen MR) is 58.6 cm³/mol. The van der Waals surface area contributed by atoms with Crippen molar-refractivity contribution in [1.29, 1.82) is 0 Å². The van der Waals surface area contributed by atoms with Crippen molar-refractivity contribution in [3.05, 3.63) is 34.5 Å². The smallest absolute Gasteiger partial charge is 0.340 e. The molecule has 0 amide bonds. The van der Waals surface area contributed by atoms with E-state index in [-0.39, 0.29) is 5.56 Å². The molecule has 2 aromatic rings. The third kappa shape index (κ3) is 1.81. The van der Waals surface area contributed by atoms with Gasteiger partial charge in [-0.15, -0.1) is 0 Å². The van der Waals surface area contributed by atoms with Crippen LogP contribution >= 0.6 is 15.9 Å². The van der Waals surface area contributed by atoms with Gasteiger partial charge in [-0.3, -0.25) is 0 Å². The van der Waals surface area contributed by atoms with E-state index in [0.717, 1.165) is 5.69 Å². The molecule has 0 aliphatic carbocycles. The largest absolute Gasteiger partial charge is 0.478 e. The maximum atomic E-state index is 10.8. The molecular formula is C9H7BrN4O2. The monoisotopic (exact) mass is 282 g/mol. The second-order valence-electron chi connectivity index (χ2n) is 3.08. The van der Waals surface area contributed by atoms with E-state index in [2.05, 4.69) is 31.0 Å². The van der Waals surface area contributed by atoms with Crippen LogP contribution in [0, 0.1) is 6.92 Å². The van der Waals surface area contributed by atoms with Gasteiger partial charge in [0, 0.05) is 11.8 Å². The van der Waals surface area contributed by atoms with Gasteiger partial charge in [0.25, 0.3) is 0 Å². The van der Waals surface area contributed by atoms with Crippen LogP contribution in [0.15, 0.2) is 23.2 Å². The van der Waals surface area contributed by atoms with E-state index < -0.39 is 5.97 Å². The first-order valence-electron chi connectivity index (χ1n) is 4.35. The number of carboxylic acids is 1. The number of rotatable bonds is 2. The lowest BCUT2D eigenvalue weighted by molar-refractivity contribution is 0.0696. The van der Waals surface area contributed by atoms with Gasteiger partial charge in [0.2, 0.25) is 0 Å². The molecular weight excluding hydrogens is 276 g/mol. The number of carboxylic acid groups (broad SMARTS) is 1. The molecule has 82 valence electrons. The maximum Gasteiger partial charge on any atom is 0.340 e. The highest BCUT2D eigenvalue weighted by atomic mass is 79.9. The highest BCUT2D eigenvalue weighted by Crippen LogP contribution is 2.19. The van der Waals surface area contributed by atoms with E-state index in [1.165, 1.54) is 17.2 Å². The highest BCUT2D eigenvalue weighted by molar-refractivity contribution is 9.10. The minimum atomic E-state index is -1.04. The van der Waals surface area contributed by atoms with Gasteiger partial charge in [-0.25, -0.2) is 19.4 Å². The van der Waals surface area contributed by atoms with Crippen molar-refractivity contribution in [3.8, 4) is 5.82 Å². The molecule has 0 spiro atoms. The second-order valence-corrected chi connectivity index (χ2v) is 3.83. The van der Waals surface area contributed by atoms with Gasteiger partial charge in [-0.1, -0.05) is 0 Å². The van der Waals surface area contributed by atoms with Crippen molar-refractivity contribution in [2.75, 3.05) is 0 Å². The molecule has 0 atom stereocenters. The lowest BCUT2D eigenvalue weighted by Crippen LogP contribution is -2.02. The molecule has 2 heterocycles. The zero-order valence-electron chi connectivity index (χ0n) is 8.25. The van der Waals surface area contributed by atoms with Gasteiger partial charge in [0.05, 0.1) is 6.20 Å². The van der Waals surface area contributed by atoms with Crippen molar-refractivity contribution in [2.24, 2.45) is 0 Å². The predicted octanol–water partition coefficient (Wildman–Crippen LogP) is 1.43. The molecule has 0 saturated carbocycles. The van der Waals surface area contributed by atoms with E-state index in [9.17, 15) is 4.79 Å². The van der Waals surface area contributed by atoms with Crippen LogP contribution in [0.1, 0.15) is 16.1 Å². The van der Waals surface area contributed by atoms with Crippen molar-refractivity contribution < 1.29 is 9.90 Å². The molecule has 2 rings (SSSR count). The summed E-state index contributed by atoms with van der Waals surface area (Å²) in [5.41, 5.74) is 0.876. The van der Waals surface area contributed by atoms with Crippen molar-refractivity contribution in [2.45, 2.75) is 6.92 Å². The average molecular weight is 283 g/mol. The van der Waals surface area contributed by atoms with Crippen LogP contribution in [0.25, 0.3) is 5.82 Å². The normalized spacial score (nSPS) is 10.4. The number of hydrogen-bond acceptors (Lipinski definition) is 4. The second kappa shape index (κ2) is 4.01. The summed E-state index contributed by atoms with van der Waals surface area (Å²) in [5, 5.41) is 12.8. The third-order valence-electron chi connectivity index (χ3n) is 1.95. The molecule has 16 heavy (non-hydrogen) atoms. The maximum absolute atomic E-state index is 10.8. The lowest BCUT2D eigenvalue weighted by Gasteiger charge is -2.02. The van der Waals surface area contributed by atoms with Crippen LogP contribution in [0.2, 0.25) is 0 Å². The van der Waals surface area contributed by atoms with E-state index in [1.54, 1.807) is 6.07 Å². The van der Waals surface area contributed by atoms with Crippen LogP contribution in [-0.4, -0.2) is 30.8 Å². The molecule has 0 aromatic carbocycles. The minimum absolute atomic E-state index is 0.0938. The number of aryl methyl sites for hydroxylation is 1. The number of aromatic nitrogens is 4. The number of hydrogen-bond donors (Lipinski definition) is 1. The molecule has 1 N–H and O–H groups in total. The first kappa shape index (κ1) is 10.7. The van der Waals surface area contributed by atoms with E-state index >= 15 is 0 Å². The van der Waals surface area contributed by atoms with Crippen molar-refractivity contribution in [1.82, 2.24) is 19.7 Å². The van der Waals surface area contributed by atoms with Gasteiger partial charge in [-0.2, -0.15) is 5.10 Å². The van der Waals surface area contributed by atoms with Gasteiger partial charge >= 0.3 is 5.97 Å². The molecule has 0 fully saturated rings. The van der Waals surface area contributed by atoms with Gasteiger partial charge in [0.1, 0.15) is 16.5 Å². The minimum Gasteiger partial charge on any atom is -0.478 e. The van der Waals surface area contributed by atoms with Gasteiger partial charge < -0.3 is 5.11 Å². The summed E-state index contributed by atoms with van der Waals surface area (Å²) in [4.78, 5) is 18.8. The summed E-state index contributed by atoms with van der Waals surface area (Å²) in [6, 6.07) is 1.71. The fraction of sp³-hybridized carbons (Fsp3) is 0.111. The zero-order chi connectivity index (χ0) is 11.7. The Morgan fingerprint density at radius 3 is 2.81 bits per heavy atom. The fourth-order valence-corrected chi connectivity index (χ4v) is 1.74. The van der Waals surface area contributed by atoms with E-state index in [4.69, 9.17) is 5.11 Å². The molecule has 0 radical (unpaired) electrons. The number of halogens is 1. The first-order valence-corrected chi connectivity index (χ1v) is 5.14. The summed E-state index contributed by atoms with van der Waals surface area (Å²) < 4.78 is 1.76. The number of nitrogens with zero attached hydrogens (tertiary/aromatic N) is 4. The Kier molecular flexibility index (Phi) is 2.69. The lowest BCUT2D eigenvalue weighted by atomic mass is 10.4. The standard InChI is InChI=1S/C9H7BrN4O2/c1-5-2-7(12-4-11-5)14-8(10)6(3-13-14)9(15)16/h2-4H,1H3,(H,15,16). The van der Waals surface area contributed by atoms with Crippen LogP contribution < -0.4 is 0 Å². The average Bonchev–Trinajstić information content (AvgIpc) is 2.60. The topological polar surface area (TPSA) is 80.9 Å². The van der Waals surface area contributed by atoms with Gasteiger partial charge in [-0.05, 0) is 22.9 Å². The molecule has 0 bridgehead atoms. The Hall–Kier alpha value is -1.76. The molecule has 2 aromatic heterocycles. The van der Waals surface area contributed by atoms with Crippen LogP contribution in [0.4, 0.5) is 0 Å². The Morgan fingerprint density at radius 2 is 2.25 bits per heavy atom. The van der Waals surface area contributed by atoms with Crippen LogP contribution in [-0.2, 0) is 0 Å². The summed E-state index contributed by atoms with van der Waals surface area (Å²) in [5.74, 6) is -0.518. The summed E-state index contributed by atoms with van der Waals surface area (Å²) in [6.45, 7) is 1.82. The Labute approximate surface area is 99.1 Å². The van der Waals surface area contributed by atoms with Crippen LogP contribution in [0.3, 0.4) is 0 Å².